The summed E-state index contributed by atoms with van der Waals surface area (Å²) in [5.41, 5.74) is 3.93. The average Bonchev–Trinajstić information content (AvgIpc) is 2.75. The van der Waals surface area contributed by atoms with Crippen LogP contribution in [0.2, 0.25) is 0 Å². The average molecular weight is 306 g/mol. The third-order valence-electron chi connectivity index (χ3n) is 3.32. The van der Waals surface area contributed by atoms with Crippen LogP contribution in [-0.4, -0.2) is 4.90 Å². The van der Waals surface area contributed by atoms with Crippen LogP contribution in [0, 0.1) is 5.82 Å². The van der Waals surface area contributed by atoms with Crippen molar-refractivity contribution in [1.29, 1.82) is 0 Å². The van der Waals surface area contributed by atoms with E-state index in [-0.39, 0.29) is 5.82 Å². The summed E-state index contributed by atoms with van der Waals surface area (Å²) in [6, 6.07) is 13.4. The highest BCUT2D eigenvalue weighted by Crippen LogP contribution is 2.26. The minimum absolute atomic E-state index is 0.199. The van der Waals surface area contributed by atoms with Crippen LogP contribution >= 0.6 is 15.9 Å². The molecule has 18 heavy (non-hydrogen) atoms. The molecule has 0 fully saturated rings. The van der Waals surface area contributed by atoms with Crippen molar-refractivity contribution in [2.24, 2.45) is 0 Å². The molecule has 1 heterocycles. The van der Waals surface area contributed by atoms with Gasteiger partial charge in [-0.15, -0.1) is 0 Å². The summed E-state index contributed by atoms with van der Waals surface area (Å²) in [4.78, 5) is 2.36. The number of nitrogens with zero attached hydrogens (tertiary/aromatic N) is 1. The second kappa shape index (κ2) is 4.82. The van der Waals surface area contributed by atoms with Gasteiger partial charge in [0.1, 0.15) is 5.82 Å². The van der Waals surface area contributed by atoms with Crippen LogP contribution in [0.15, 0.2) is 46.9 Å². The number of halogens is 2. The lowest BCUT2D eigenvalue weighted by molar-refractivity contribution is 0.275. The molecule has 0 radical (unpaired) electrons. The van der Waals surface area contributed by atoms with Gasteiger partial charge in [-0.3, -0.25) is 4.90 Å². The summed E-state index contributed by atoms with van der Waals surface area (Å²) < 4.78 is 13.9. The molecule has 0 aromatic heterocycles. The third kappa shape index (κ3) is 2.33. The molecule has 1 aliphatic rings. The van der Waals surface area contributed by atoms with E-state index in [1.54, 1.807) is 0 Å². The van der Waals surface area contributed by atoms with Gasteiger partial charge in [0.2, 0.25) is 0 Å². The van der Waals surface area contributed by atoms with Gasteiger partial charge in [-0.2, -0.15) is 0 Å². The first-order chi connectivity index (χ1) is 8.72. The van der Waals surface area contributed by atoms with E-state index in [1.807, 2.05) is 6.07 Å². The molecule has 2 aromatic carbocycles. The Kier molecular flexibility index (Phi) is 3.18. The quantitative estimate of drug-likeness (QED) is 0.807. The van der Waals surface area contributed by atoms with Crippen molar-refractivity contribution in [3.63, 3.8) is 0 Å². The molecule has 0 atom stereocenters. The van der Waals surface area contributed by atoms with Gasteiger partial charge in [0.25, 0.3) is 0 Å². The Hall–Kier alpha value is -1.19. The topological polar surface area (TPSA) is 3.24 Å². The highest BCUT2D eigenvalue weighted by Gasteiger charge is 2.18. The number of fused-ring (bicyclic) bond motifs is 1. The van der Waals surface area contributed by atoms with Crippen LogP contribution in [-0.2, 0) is 19.6 Å². The van der Waals surface area contributed by atoms with Crippen molar-refractivity contribution < 1.29 is 4.39 Å². The highest BCUT2D eigenvalue weighted by molar-refractivity contribution is 9.10. The lowest BCUT2D eigenvalue weighted by atomic mass is 10.1. The number of benzene rings is 2. The summed E-state index contributed by atoms with van der Waals surface area (Å²) >= 11 is 3.42. The van der Waals surface area contributed by atoms with Crippen molar-refractivity contribution >= 4 is 15.9 Å². The molecule has 0 saturated carbocycles. The molecule has 0 bridgehead atoms. The highest BCUT2D eigenvalue weighted by atomic mass is 79.9. The van der Waals surface area contributed by atoms with E-state index in [4.69, 9.17) is 0 Å². The van der Waals surface area contributed by atoms with Crippen molar-refractivity contribution in [1.82, 2.24) is 4.90 Å². The fraction of sp³-hybridized carbons (Fsp3) is 0.200. The van der Waals surface area contributed by atoms with E-state index < -0.39 is 0 Å². The standard InChI is InChI=1S/C15H13BrFN/c16-15-7-14(17)6-5-13(15)10-18-8-11-3-1-2-4-12(11)9-18/h1-7H,8-10H2. The second-order valence-corrected chi connectivity index (χ2v) is 5.50. The van der Waals surface area contributed by atoms with E-state index >= 15 is 0 Å². The summed E-state index contributed by atoms with van der Waals surface area (Å²) in [5, 5.41) is 0. The van der Waals surface area contributed by atoms with Gasteiger partial charge in [0.15, 0.2) is 0 Å². The molecule has 3 rings (SSSR count). The molecular formula is C15H13BrFN. The van der Waals surface area contributed by atoms with Gasteiger partial charge in [0, 0.05) is 24.1 Å². The Bertz CT molecular complexity index is 557. The van der Waals surface area contributed by atoms with E-state index in [1.165, 1.54) is 23.3 Å². The predicted octanol–water partition coefficient (Wildman–Crippen LogP) is 4.10. The zero-order valence-corrected chi connectivity index (χ0v) is 11.5. The van der Waals surface area contributed by atoms with E-state index in [2.05, 4.69) is 45.1 Å². The van der Waals surface area contributed by atoms with Crippen LogP contribution < -0.4 is 0 Å². The summed E-state index contributed by atoms with van der Waals surface area (Å²) in [6.07, 6.45) is 0. The lowest BCUT2D eigenvalue weighted by Crippen LogP contribution is -2.15. The summed E-state index contributed by atoms with van der Waals surface area (Å²) in [6.45, 7) is 2.79. The lowest BCUT2D eigenvalue weighted by Gasteiger charge is -2.15. The molecule has 0 aliphatic carbocycles. The molecule has 0 saturated heterocycles. The first-order valence-electron chi connectivity index (χ1n) is 5.95. The van der Waals surface area contributed by atoms with Crippen LogP contribution in [0.1, 0.15) is 16.7 Å². The van der Waals surface area contributed by atoms with E-state index in [9.17, 15) is 4.39 Å². The van der Waals surface area contributed by atoms with Gasteiger partial charge in [-0.1, -0.05) is 46.3 Å². The third-order valence-corrected chi connectivity index (χ3v) is 4.05. The number of rotatable bonds is 2. The largest absolute Gasteiger partial charge is 0.291 e. The molecule has 1 aliphatic heterocycles. The van der Waals surface area contributed by atoms with Crippen molar-refractivity contribution in [2.75, 3.05) is 0 Å². The Morgan fingerprint density at radius 3 is 2.33 bits per heavy atom. The van der Waals surface area contributed by atoms with Gasteiger partial charge >= 0.3 is 0 Å². The molecule has 3 heteroatoms. The molecule has 1 nitrogen and oxygen atoms in total. The van der Waals surface area contributed by atoms with Gasteiger partial charge in [-0.05, 0) is 28.8 Å². The van der Waals surface area contributed by atoms with Crippen molar-refractivity contribution in [3.8, 4) is 0 Å². The maximum Gasteiger partial charge on any atom is 0.124 e. The number of hydrogen-bond donors (Lipinski definition) is 0. The molecular weight excluding hydrogens is 293 g/mol. The number of hydrogen-bond acceptors (Lipinski definition) is 1. The minimum Gasteiger partial charge on any atom is -0.291 e. The van der Waals surface area contributed by atoms with E-state index in [0.29, 0.717) is 0 Å². The van der Waals surface area contributed by atoms with Gasteiger partial charge < -0.3 is 0 Å². The maximum absolute atomic E-state index is 13.0. The normalized spacial score (nSPS) is 14.8. The molecule has 0 spiro atoms. The van der Waals surface area contributed by atoms with Gasteiger partial charge in [-0.25, -0.2) is 4.39 Å². The molecule has 0 N–H and O–H groups in total. The van der Waals surface area contributed by atoms with Gasteiger partial charge in [0.05, 0.1) is 0 Å². The zero-order valence-electron chi connectivity index (χ0n) is 9.87. The first kappa shape index (κ1) is 11.9. The molecule has 2 aromatic rings. The van der Waals surface area contributed by atoms with Crippen LogP contribution in [0.3, 0.4) is 0 Å². The van der Waals surface area contributed by atoms with Crippen molar-refractivity contribution in [3.05, 3.63) is 69.4 Å². The minimum atomic E-state index is -0.199. The molecule has 0 unspecified atom stereocenters. The van der Waals surface area contributed by atoms with Crippen LogP contribution in [0.5, 0.6) is 0 Å². The Labute approximate surface area is 114 Å². The SMILES string of the molecule is Fc1ccc(CN2Cc3ccccc3C2)c(Br)c1. The first-order valence-corrected chi connectivity index (χ1v) is 6.75. The maximum atomic E-state index is 13.0. The van der Waals surface area contributed by atoms with Crippen LogP contribution in [0.25, 0.3) is 0 Å². The van der Waals surface area contributed by atoms with E-state index in [0.717, 1.165) is 29.7 Å². The fourth-order valence-corrected chi connectivity index (χ4v) is 2.88. The smallest absolute Gasteiger partial charge is 0.124 e. The Morgan fingerprint density at radius 1 is 1.06 bits per heavy atom. The molecule has 0 amide bonds. The summed E-state index contributed by atoms with van der Waals surface area (Å²) in [7, 11) is 0. The predicted molar refractivity (Wildman–Crippen MR) is 73.5 cm³/mol. The zero-order chi connectivity index (χ0) is 12.5. The monoisotopic (exact) mass is 305 g/mol. The second-order valence-electron chi connectivity index (χ2n) is 4.65. The molecule has 92 valence electrons. The fourth-order valence-electron chi connectivity index (χ4n) is 2.41. The van der Waals surface area contributed by atoms with Crippen molar-refractivity contribution in [2.45, 2.75) is 19.6 Å². The Morgan fingerprint density at radius 2 is 1.72 bits per heavy atom. The Balaban J connectivity index is 1.76. The summed E-state index contributed by atoms with van der Waals surface area (Å²) in [5.74, 6) is -0.199. The van der Waals surface area contributed by atoms with Crippen LogP contribution in [0.4, 0.5) is 4.39 Å².